The molecular formula is C24H26N2O3. The van der Waals surface area contributed by atoms with Gasteiger partial charge in [-0.2, -0.15) is 5.10 Å². The number of rotatable bonds is 2. The summed E-state index contributed by atoms with van der Waals surface area (Å²) in [5.41, 5.74) is 6.75. The number of hydrogen-bond donors (Lipinski definition) is 1. The van der Waals surface area contributed by atoms with Gasteiger partial charge in [0.15, 0.2) is 0 Å². The molecule has 0 saturated heterocycles. The van der Waals surface area contributed by atoms with Gasteiger partial charge in [0.25, 0.3) is 0 Å². The van der Waals surface area contributed by atoms with E-state index in [2.05, 4.69) is 43.4 Å². The summed E-state index contributed by atoms with van der Waals surface area (Å²) >= 11 is 0. The molecule has 0 atom stereocenters. The second-order valence-electron chi connectivity index (χ2n) is 9.00. The molecule has 0 amide bonds. The van der Waals surface area contributed by atoms with E-state index in [0.29, 0.717) is 12.0 Å². The van der Waals surface area contributed by atoms with Crippen LogP contribution in [0.1, 0.15) is 45.7 Å². The van der Waals surface area contributed by atoms with Crippen molar-refractivity contribution in [3.63, 3.8) is 0 Å². The van der Waals surface area contributed by atoms with Gasteiger partial charge in [-0.25, -0.2) is 4.79 Å². The second-order valence-corrected chi connectivity index (χ2v) is 9.00. The molecule has 0 saturated carbocycles. The predicted octanol–water partition coefficient (Wildman–Crippen LogP) is 5.27. The van der Waals surface area contributed by atoms with E-state index in [1.807, 2.05) is 38.1 Å². The highest BCUT2D eigenvalue weighted by molar-refractivity contribution is 5.99. The number of fused-ring (bicyclic) bond motifs is 3. The average Bonchev–Trinajstić information content (AvgIpc) is 2.65. The van der Waals surface area contributed by atoms with Crippen molar-refractivity contribution in [2.45, 2.75) is 52.1 Å². The molecule has 1 aromatic heterocycles. The fraction of sp³-hybridized carbons (Fsp3) is 0.333. The summed E-state index contributed by atoms with van der Waals surface area (Å²) in [5.74, 6) is 0.727. The molecule has 150 valence electrons. The third-order valence-corrected chi connectivity index (χ3v) is 5.32. The predicted molar refractivity (Wildman–Crippen MR) is 117 cm³/mol. The second kappa shape index (κ2) is 6.76. The van der Waals surface area contributed by atoms with Gasteiger partial charge < -0.3 is 9.15 Å². The van der Waals surface area contributed by atoms with Gasteiger partial charge in [0, 0.05) is 23.4 Å². The molecule has 29 heavy (non-hydrogen) atoms. The van der Waals surface area contributed by atoms with Crippen LogP contribution in [0.15, 0.2) is 62.8 Å². The molecule has 0 bridgehead atoms. The standard InChI is InChI=1S/C24H26N2O3/c1-23(2,3)16-8-10-17(11-9-16)25-26-20-14-18-19(29-24(20,4)5)12-6-15-7-13-21(27)28-22(15)18/h6-13,25H,14H2,1-5H3/b26-20+. The number of benzene rings is 2. The maximum absolute atomic E-state index is 11.7. The first-order valence-electron chi connectivity index (χ1n) is 9.82. The molecule has 5 heteroatoms. The Bertz CT molecular complexity index is 1150. The van der Waals surface area contributed by atoms with Crippen LogP contribution in [0.4, 0.5) is 5.69 Å². The maximum Gasteiger partial charge on any atom is 0.336 e. The number of hydrogen-bond acceptors (Lipinski definition) is 5. The Labute approximate surface area is 170 Å². The van der Waals surface area contributed by atoms with Crippen LogP contribution in [0, 0.1) is 0 Å². The van der Waals surface area contributed by atoms with Crippen molar-refractivity contribution in [1.82, 2.24) is 0 Å². The number of anilines is 1. The fourth-order valence-electron chi connectivity index (χ4n) is 3.50. The van der Waals surface area contributed by atoms with Crippen LogP contribution < -0.4 is 15.8 Å². The van der Waals surface area contributed by atoms with Crippen molar-refractivity contribution >= 4 is 22.4 Å². The lowest BCUT2D eigenvalue weighted by atomic mass is 9.87. The van der Waals surface area contributed by atoms with Gasteiger partial charge >= 0.3 is 5.63 Å². The van der Waals surface area contributed by atoms with Crippen molar-refractivity contribution in [3.05, 3.63) is 70.1 Å². The van der Waals surface area contributed by atoms with Crippen molar-refractivity contribution in [1.29, 1.82) is 0 Å². The summed E-state index contributed by atoms with van der Waals surface area (Å²) in [6.45, 7) is 10.6. The van der Waals surface area contributed by atoms with E-state index in [4.69, 9.17) is 9.15 Å². The summed E-state index contributed by atoms with van der Waals surface area (Å²) in [6.07, 6.45) is 0.541. The lowest BCUT2D eigenvalue weighted by Gasteiger charge is -2.34. The molecule has 0 spiro atoms. The van der Waals surface area contributed by atoms with Crippen LogP contribution in [0.3, 0.4) is 0 Å². The third kappa shape index (κ3) is 3.77. The van der Waals surface area contributed by atoms with Gasteiger partial charge in [-0.1, -0.05) is 32.9 Å². The lowest BCUT2D eigenvalue weighted by molar-refractivity contribution is 0.171. The van der Waals surface area contributed by atoms with Crippen LogP contribution in [0.2, 0.25) is 0 Å². The fourth-order valence-corrected chi connectivity index (χ4v) is 3.50. The van der Waals surface area contributed by atoms with E-state index in [9.17, 15) is 4.79 Å². The van der Waals surface area contributed by atoms with Gasteiger partial charge in [-0.05, 0) is 55.2 Å². The van der Waals surface area contributed by atoms with Crippen LogP contribution >= 0.6 is 0 Å². The van der Waals surface area contributed by atoms with Gasteiger partial charge in [0.2, 0.25) is 0 Å². The third-order valence-electron chi connectivity index (χ3n) is 5.32. The first-order valence-corrected chi connectivity index (χ1v) is 9.82. The SMILES string of the molecule is CC1(C)Oc2ccc3ccc(=O)oc3c2C/C1=N\Nc1ccc(C(C)(C)C)cc1. The molecule has 1 N–H and O–H groups in total. The van der Waals surface area contributed by atoms with Gasteiger partial charge in [-0.3, -0.25) is 5.43 Å². The largest absolute Gasteiger partial charge is 0.481 e. The Morgan fingerprint density at radius 2 is 1.69 bits per heavy atom. The number of nitrogens with zero attached hydrogens (tertiary/aromatic N) is 1. The highest BCUT2D eigenvalue weighted by Crippen LogP contribution is 2.36. The van der Waals surface area contributed by atoms with Crippen molar-refractivity contribution < 1.29 is 9.15 Å². The molecule has 0 unspecified atom stereocenters. The monoisotopic (exact) mass is 390 g/mol. The molecule has 2 aromatic carbocycles. The first kappa shape index (κ1) is 19.2. The van der Waals surface area contributed by atoms with E-state index in [0.717, 1.165) is 28.1 Å². The van der Waals surface area contributed by atoms with Crippen molar-refractivity contribution in [2.24, 2.45) is 5.10 Å². The molecule has 2 heterocycles. The number of hydrazone groups is 1. The van der Waals surface area contributed by atoms with E-state index in [1.54, 1.807) is 6.07 Å². The minimum absolute atomic E-state index is 0.109. The summed E-state index contributed by atoms with van der Waals surface area (Å²) in [7, 11) is 0. The summed E-state index contributed by atoms with van der Waals surface area (Å²) in [5, 5.41) is 5.52. The topological polar surface area (TPSA) is 63.8 Å². The zero-order valence-electron chi connectivity index (χ0n) is 17.5. The smallest absolute Gasteiger partial charge is 0.336 e. The van der Waals surface area contributed by atoms with Crippen LogP contribution in [-0.2, 0) is 11.8 Å². The van der Waals surface area contributed by atoms with Crippen molar-refractivity contribution in [2.75, 3.05) is 5.43 Å². The Balaban J connectivity index is 1.66. The molecule has 3 aromatic rings. The molecule has 1 aliphatic rings. The first-order chi connectivity index (χ1) is 13.6. The highest BCUT2D eigenvalue weighted by Gasteiger charge is 2.35. The Morgan fingerprint density at radius 1 is 1.00 bits per heavy atom. The molecule has 0 fully saturated rings. The molecular weight excluding hydrogens is 364 g/mol. The average molecular weight is 390 g/mol. The molecule has 0 aliphatic carbocycles. The molecule has 4 rings (SSSR count). The normalized spacial score (nSPS) is 17.1. The zero-order chi connectivity index (χ0) is 20.8. The van der Waals surface area contributed by atoms with Gasteiger partial charge in [0.1, 0.15) is 16.9 Å². The van der Waals surface area contributed by atoms with Crippen molar-refractivity contribution in [3.8, 4) is 5.75 Å². The quantitative estimate of drug-likeness (QED) is 0.478. The Kier molecular flexibility index (Phi) is 4.49. The van der Waals surface area contributed by atoms with Gasteiger partial charge in [0.05, 0.1) is 11.4 Å². The maximum atomic E-state index is 11.7. The number of ether oxygens (including phenoxy) is 1. The zero-order valence-corrected chi connectivity index (χ0v) is 17.5. The molecule has 0 radical (unpaired) electrons. The summed E-state index contributed by atoms with van der Waals surface area (Å²) < 4.78 is 11.7. The van der Waals surface area contributed by atoms with Crippen LogP contribution in [0.5, 0.6) is 5.75 Å². The molecule has 1 aliphatic heterocycles. The van der Waals surface area contributed by atoms with Crippen LogP contribution in [-0.4, -0.2) is 11.3 Å². The lowest BCUT2D eigenvalue weighted by Crippen LogP contribution is -2.43. The molecule has 5 nitrogen and oxygen atoms in total. The highest BCUT2D eigenvalue weighted by atomic mass is 16.5. The van der Waals surface area contributed by atoms with E-state index < -0.39 is 5.60 Å². The Hall–Kier alpha value is -3.08. The minimum Gasteiger partial charge on any atom is -0.481 e. The van der Waals surface area contributed by atoms with E-state index >= 15 is 0 Å². The summed E-state index contributed by atoms with van der Waals surface area (Å²) in [6, 6.07) is 15.3. The van der Waals surface area contributed by atoms with Crippen LogP contribution in [0.25, 0.3) is 11.0 Å². The number of nitrogens with one attached hydrogen (secondary N) is 1. The Morgan fingerprint density at radius 3 is 2.38 bits per heavy atom. The van der Waals surface area contributed by atoms with E-state index in [-0.39, 0.29) is 11.0 Å². The summed E-state index contributed by atoms with van der Waals surface area (Å²) in [4.78, 5) is 11.7. The van der Waals surface area contributed by atoms with Gasteiger partial charge in [-0.15, -0.1) is 0 Å². The minimum atomic E-state index is -0.575. The van der Waals surface area contributed by atoms with E-state index in [1.165, 1.54) is 11.6 Å².